The number of hydrazine groups is 1. The van der Waals surface area contributed by atoms with Crippen LogP contribution in [0.4, 0.5) is 0 Å². The third-order valence-electron chi connectivity index (χ3n) is 3.93. The smallest absolute Gasteiger partial charge is 0.0553 e. The molecule has 0 aliphatic rings. The lowest BCUT2D eigenvalue weighted by Gasteiger charge is -2.13. The van der Waals surface area contributed by atoms with Crippen molar-refractivity contribution in [2.24, 2.45) is 5.84 Å². The Balaban J connectivity index is 1.91. The van der Waals surface area contributed by atoms with Crippen LogP contribution in [0.3, 0.4) is 0 Å². The van der Waals surface area contributed by atoms with E-state index in [2.05, 4.69) is 29.9 Å². The van der Waals surface area contributed by atoms with Gasteiger partial charge in [0.05, 0.1) is 6.04 Å². The third kappa shape index (κ3) is 8.03. The van der Waals surface area contributed by atoms with Crippen LogP contribution in [0.15, 0.2) is 17.5 Å². The Hall–Kier alpha value is -0.380. The van der Waals surface area contributed by atoms with Crippen molar-refractivity contribution in [2.45, 2.75) is 83.6 Å². The lowest BCUT2D eigenvalue weighted by atomic mass is 10.0. The molecular weight excluding hydrogens is 264 g/mol. The van der Waals surface area contributed by atoms with Crippen LogP contribution < -0.4 is 11.3 Å². The maximum atomic E-state index is 5.64. The molecule has 0 aliphatic carbocycles. The third-order valence-corrected chi connectivity index (χ3v) is 4.92. The van der Waals surface area contributed by atoms with Gasteiger partial charge >= 0.3 is 0 Å². The first-order chi connectivity index (χ1) is 9.88. The van der Waals surface area contributed by atoms with Gasteiger partial charge in [0.2, 0.25) is 0 Å². The monoisotopic (exact) mass is 296 g/mol. The zero-order valence-electron chi connectivity index (χ0n) is 13.1. The quantitative estimate of drug-likeness (QED) is 0.284. The molecule has 0 spiro atoms. The molecule has 116 valence electrons. The SMILES string of the molecule is CCCCCCCCCCCCC(NN)c1cccs1. The molecule has 2 nitrogen and oxygen atoms in total. The highest BCUT2D eigenvalue weighted by molar-refractivity contribution is 7.10. The van der Waals surface area contributed by atoms with E-state index in [0.29, 0.717) is 6.04 Å². The van der Waals surface area contributed by atoms with Gasteiger partial charge in [-0.15, -0.1) is 11.3 Å². The van der Waals surface area contributed by atoms with Gasteiger partial charge in [0.15, 0.2) is 0 Å². The minimum atomic E-state index is 0.351. The van der Waals surface area contributed by atoms with Gasteiger partial charge in [-0.2, -0.15) is 0 Å². The number of nitrogens with one attached hydrogen (secondary N) is 1. The number of nitrogens with two attached hydrogens (primary N) is 1. The van der Waals surface area contributed by atoms with Crippen molar-refractivity contribution in [3.63, 3.8) is 0 Å². The predicted molar refractivity (Wildman–Crippen MR) is 90.8 cm³/mol. The van der Waals surface area contributed by atoms with E-state index >= 15 is 0 Å². The summed E-state index contributed by atoms with van der Waals surface area (Å²) in [4.78, 5) is 1.36. The van der Waals surface area contributed by atoms with E-state index in [0.717, 1.165) is 6.42 Å². The number of unbranched alkanes of at least 4 members (excludes halogenated alkanes) is 9. The first kappa shape index (κ1) is 17.7. The molecule has 3 heteroatoms. The summed E-state index contributed by atoms with van der Waals surface area (Å²) < 4.78 is 0. The normalized spacial score (nSPS) is 12.7. The van der Waals surface area contributed by atoms with E-state index in [1.54, 1.807) is 11.3 Å². The van der Waals surface area contributed by atoms with Crippen LogP contribution in [0.5, 0.6) is 0 Å². The molecule has 0 saturated carbocycles. The summed E-state index contributed by atoms with van der Waals surface area (Å²) >= 11 is 1.79. The second-order valence-electron chi connectivity index (χ2n) is 5.71. The van der Waals surface area contributed by atoms with E-state index in [1.807, 2.05) is 0 Å². The fraction of sp³-hybridized carbons (Fsp3) is 0.765. The molecule has 0 aromatic carbocycles. The topological polar surface area (TPSA) is 38.0 Å². The van der Waals surface area contributed by atoms with Crippen molar-refractivity contribution >= 4 is 11.3 Å². The van der Waals surface area contributed by atoms with Crippen molar-refractivity contribution < 1.29 is 0 Å². The highest BCUT2D eigenvalue weighted by Crippen LogP contribution is 2.23. The molecule has 3 N–H and O–H groups in total. The molecule has 1 rings (SSSR count). The van der Waals surface area contributed by atoms with Crippen molar-refractivity contribution in [1.29, 1.82) is 0 Å². The second-order valence-corrected chi connectivity index (χ2v) is 6.68. The van der Waals surface area contributed by atoms with Crippen molar-refractivity contribution in [1.82, 2.24) is 5.43 Å². The van der Waals surface area contributed by atoms with Crippen molar-refractivity contribution in [3.8, 4) is 0 Å². The van der Waals surface area contributed by atoms with E-state index < -0.39 is 0 Å². The molecule has 0 fully saturated rings. The fourth-order valence-corrected chi connectivity index (χ4v) is 3.45. The Morgan fingerprint density at radius 3 is 2.10 bits per heavy atom. The Kier molecular flexibility index (Phi) is 10.9. The van der Waals surface area contributed by atoms with Crippen LogP contribution in [-0.4, -0.2) is 0 Å². The molecule has 0 bridgehead atoms. The zero-order chi connectivity index (χ0) is 14.5. The van der Waals surface area contributed by atoms with Gasteiger partial charge in [-0.25, -0.2) is 0 Å². The van der Waals surface area contributed by atoms with E-state index in [9.17, 15) is 0 Å². The highest BCUT2D eigenvalue weighted by Gasteiger charge is 2.09. The number of hydrogen-bond donors (Lipinski definition) is 2. The Labute approximate surface area is 129 Å². The summed E-state index contributed by atoms with van der Waals surface area (Å²) in [6, 6.07) is 4.62. The van der Waals surface area contributed by atoms with E-state index in [1.165, 1.54) is 69.1 Å². The first-order valence-electron chi connectivity index (χ1n) is 8.38. The lowest BCUT2D eigenvalue weighted by Crippen LogP contribution is -2.27. The average molecular weight is 297 g/mol. The number of rotatable bonds is 13. The Morgan fingerprint density at radius 2 is 1.60 bits per heavy atom. The number of hydrogen-bond acceptors (Lipinski definition) is 3. The van der Waals surface area contributed by atoms with E-state index in [4.69, 9.17) is 5.84 Å². The van der Waals surface area contributed by atoms with Gasteiger partial charge < -0.3 is 0 Å². The van der Waals surface area contributed by atoms with Crippen LogP contribution >= 0.6 is 11.3 Å². The van der Waals surface area contributed by atoms with Crippen molar-refractivity contribution in [2.75, 3.05) is 0 Å². The summed E-state index contributed by atoms with van der Waals surface area (Å²) in [5.74, 6) is 5.64. The Morgan fingerprint density at radius 1 is 1.00 bits per heavy atom. The van der Waals surface area contributed by atoms with Gasteiger partial charge in [0.1, 0.15) is 0 Å². The number of thiophene rings is 1. The molecule has 1 heterocycles. The van der Waals surface area contributed by atoms with Crippen molar-refractivity contribution in [3.05, 3.63) is 22.4 Å². The van der Waals surface area contributed by atoms with Gasteiger partial charge in [0, 0.05) is 4.88 Å². The maximum Gasteiger partial charge on any atom is 0.0553 e. The second kappa shape index (κ2) is 12.4. The maximum absolute atomic E-state index is 5.64. The van der Waals surface area contributed by atoms with Gasteiger partial charge in [-0.05, 0) is 17.9 Å². The molecule has 20 heavy (non-hydrogen) atoms. The van der Waals surface area contributed by atoms with Crippen LogP contribution in [0.1, 0.15) is 88.5 Å². The summed E-state index contributed by atoms with van der Waals surface area (Å²) in [5.41, 5.74) is 2.95. The largest absolute Gasteiger partial charge is 0.271 e. The fourth-order valence-electron chi connectivity index (χ4n) is 2.63. The zero-order valence-corrected chi connectivity index (χ0v) is 13.9. The molecule has 1 aromatic rings. The molecular formula is C17H32N2S. The molecule has 0 aliphatic heterocycles. The van der Waals surface area contributed by atoms with Gasteiger partial charge in [-0.1, -0.05) is 77.2 Å². The molecule has 0 radical (unpaired) electrons. The molecule has 1 unspecified atom stereocenters. The summed E-state index contributed by atoms with van der Waals surface area (Å²) in [7, 11) is 0. The summed E-state index contributed by atoms with van der Waals surface area (Å²) in [5, 5.41) is 2.12. The van der Waals surface area contributed by atoms with Crippen LogP contribution in [0.2, 0.25) is 0 Å². The van der Waals surface area contributed by atoms with Gasteiger partial charge in [-0.3, -0.25) is 11.3 Å². The van der Waals surface area contributed by atoms with Gasteiger partial charge in [0.25, 0.3) is 0 Å². The minimum Gasteiger partial charge on any atom is -0.271 e. The molecule has 1 aromatic heterocycles. The minimum absolute atomic E-state index is 0.351. The average Bonchev–Trinajstić information content (AvgIpc) is 2.99. The van der Waals surface area contributed by atoms with Crippen LogP contribution in [0.25, 0.3) is 0 Å². The van der Waals surface area contributed by atoms with Crippen LogP contribution in [0, 0.1) is 0 Å². The summed E-state index contributed by atoms with van der Waals surface area (Å²) in [6.07, 6.45) is 15.1. The lowest BCUT2D eigenvalue weighted by molar-refractivity contribution is 0.479. The highest BCUT2D eigenvalue weighted by atomic mass is 32.1. The molecule has 0 saturated heterocycles. The predicted octanol–water partition coefficient (Wildman–Crippen LogP) is 5.56. The first-order valence-corrected chi connectivity index (χ1v) is 9.26. The van der Waals surface area contributed by atoms with Crippen LogP contribution in [-0.2, 0) is 0 Å². The summed E-state index contributed by atoms with van der Waals surface area (Å²) in [6.45, 7) is 2.28. The van der Waals surface area contributed by atoms with E-state index in [-0.39, 0.29) is 0 Å². The molecule has 1 atom stereocenters. The standard InChI is InChI=1S/C17H32N2S/c1-2-3-4-5-6-7-8-9-10-11-13-16(19-18)17-14-12-15-20-17/h12,14-16,19H,2-11,13,18H2,1H3. The molecule has 0 amide bonds. The Bertz CT molecular complexity index is 298.